The van der Waals surface area contributed by atoms with Gasteiger partial charge >= 0.3 is 0 Å². The van der Waals surface area contributed by atoms with Crippen LogP contribution in [-0.2, 0) is 11.3 Å². The molecule has 0 saturated carbocycles. The van der Waals surface area contributed by atoms with Gasteiger partial charge in [-0.2, -0.15) is 0 Å². The molecule has 1 aromatic carbocycles. The summed E-state index contributed by atoms with van der Waals surface area (Å²) in [6.07, 6.45) is 2.47. The Morgan fingerprint density at radius 1 is 1.00 bits per heavy atom. The highest BCUT2D eigenvalue weighted by Gasteiger charge is 2.19. The van der Waals surface area contributed by atoms with Crippen molar-refractivity contribution in [2.75, 3.05) is 64.4 Å². The highest BCUT2D eigenvalue weighted by molar-refractivity contribution is 5.48. The number of morpholine rings is 1. The van der Waals surface area contributed by atoms with Crippen LogP contribution in [0.1, 0.15) is 18.4 Å². The molecular weight excluding hydrogens is 300 g/mol. The van der Waals surface area contributed by atoms with Crippen LogP contribution in [0.3, 0.4) is 0 Å². The summed E-state index contributed by atoms with van der Waals surface area (Å²) < 4.78 is 5.42. The minimum absolute atomic E-state index is 0.676. The third kappa shape index (κ3) is 5.18. The van der Waals surface area contributed by atoms with Crippen LogP contribution in [0.4, 0.5) is 5.69 Å². The van der Waals surface area contributed by atoms with Crippen molar-refractivity contribution in [3.05, 3.63) is 29.8 Å². The summed E-state index contributed by atoms with van der Waals surface area (Å²) in [6, 6.07) is 9.86. The number of nitrogens with one attached hydrogen (secondary N) is 2. The van der Waals surface area contributed by atoms with Crippen LogP contribution in [-0.4, -0.2) is 70.5 Å². The van der Waals surface area contributed by atoms with Crippen molar-refractivity contribution < 1.29 is 4.74 Å². The van der Waals surface area contributed by atoms with E-state index in [4.69, 9.17) is 4.74 Å². The van der Waals surface area contributed by atoms with Crippen LogP contribution in [0.5, 0.6) is 0 Å². The average molecular weight is 332 g/mol. The second-order valence-corrected chi connectivity index (χ2v) is 6.87. The molecule has 0 spiro atoms. The molecule has 2 aliphatic rings. The molecule has 5 heteroatoms. The Balaban J connectivity index is 1.44. The van der Waals surface area contributed by atoms with E-state index in [-0.39, 0.29) is 0 Å². The lowest BCUT2D eigenvalue weighted by Crippen LogP contribution is -2.44. The second-order valence-electron chi connectivity index (χ2n) is 6.87. The molecule has 0 amide bonds. The van der Waals surface area contributed by atoms with Gasteiger partial charge < -0.3 is 20.3 Å². The van der Waals surface area contributed by atoms with E-state index in [0.717, 1.165) is 59.0 Å². The van der Waals surface area contributed by atoms with Crippen LogP contribution in [0.2, 0.25) is 0 Å². The monoisotopic (exact) mass is 332 g/mol. The predicted molar refractivity (Wildman–Crippen MR) is 99.7 cm³/mol. The van der Waals surface area contributed by atoms with Crippen molar-refractivity contribution in [3.8, 4) is 0 Å². The Morgan fingerprint density at radius 2 is 1.71 bits per heavy atom. The Kier molecular flexibility index (Phi) is 6.90. The second kappa shape index (κ2) is 9.37. The minimum atomic E-state index is 0.676. The number of ether oxygens (including phenoxy) is 1. The number of likely N-dealkylation sites (N-methyl/N-ethyl adjacent to an activating group) is 1. The van der Waals surface area contributed by atoms with E-state index >= 15 is 0 Å². The molecule has 134 valence electrons. The van der Waals surface area contributed by atoms with E-state index in [1.165, 1.54) is 24.1 Å². The molecule has 2 fully saturated rings. The first-order valence-electron chi connectivity index (χ1n) is 9.37. The van der Waals surface area contributed by atoms with Crippen LogP contribution in [0, 0.1) is 0 Å². The van der Waals surface area contributed by atoms with Gasteiger partial charge in [0.25, 0.3) is 0 Å². The maximum atomic E-state index is 5.42. The van der Waals surface area contributed by atoms with Gasteiger partial charge in [0.15, 0.2) is 0 Å². The Labute approximate surface area is 146 Å². The number of hydrogen-bond acceptors (Lipinski definition) is 5. The number of piperidine rings is 1. The molecule has 0 aromatic heterocycles. The molecule has 24 heavy (non-hydrogen) atoms. The summed E-state index contributed by atoms with van der Waals surface area (Å²) in [4.78, 5) is 5.00. The highest BCUT2D eigenvalue weighted by atomic mass is 16.5. The molecule has 0 atom stereocenters. The molecule has 0 unspecified atom stereocenters. The van der Waals surface area contributed by atoms with E-state index in [2.05, 4.69) is 44.7 Å². The van der Waals surface area contributed by atoms with Crippen molar-refractivity contribution in [3.63, 3.8) is 0 Å². The van der Waals surface area contributed by atoms with E-state index < -0.39 is 0 Å². The number of hydrogen-bond donors (Lipinski definition) is 2. The van der Waals surface area contributed by atoms with Gasteiger partial charge in [-0.05, 0) is 37.6 Å². The lowest BCUT2D eigenvalue weighted by molar-refractivity contribution is 0.0342. The van der Waals surface area contributed by atoms with Gasteiger partial charge in [0.05, 0.1) is 13.2 Å². The SMILES string of the molecule is CNCCNC1CCN(c2ccc(CN3CCOCC3)cc2)CC1. The zero-order chi connectivity index (χ0) is 16.6. The molecule has 0 aliphatic carbocycles. The first-order chi connectivity index (χ1) is 11.8. The third-order valence-electron chi connectivity index (χ3n) is 5.11. The Morgan fingerprint density at radius 3 is 2.38 bits per heavy atom. The van der Waals surface area contributed by atoms with E-state index in [9.17, 15) is 0 Å². The molecule has 0 radical (unpaired) electrons. The maximum absolute atomic E-state index is 5.42. The molecule has 2 saturated heterocycles. The van der Waals surface area contributed by atoms with E-state index in [1.807, 2.05) is 7.05 Å². The predicted octanol–water partition coefficient (Wildman–Crippen LogP) is 1.30. The molecule has 5 nitrogen and oxygen atoms in total. The largest absolute Gasteiger partial charge is 0.379 e. The third-order valence-corrected chi connectivity index (χ3v) is 5.11. The molecule has 2 heterocycles. The van der Waals surface area contributed by atoms with Crippen molar-refractivity contribution in [2.45, 2.75) is 25.4 Å². The van der Waals surface area contributed by atoms with Gasteiger partial charge in [0.2, 0.25) is 0 Å². The summed E-state index contributed by atoms with van der Waals surface area (Å²) in [5, 5.41) is 6.84. The summed E-state index contributed by atoms with van der Waals surface area (Å²) in [6.45, 7) is 9.31. The summed E-state index contributed by atoms with van der Waals surface area (Å²) in [7, 11) is 2.01. The molecule has 3 rings (SSSR count). The lowest BCUT2D eigenvalue weighted by Gasteiger charge is -2.34. The first-order valence-corrected chi connectivity index (χ1v) is 9.37. The maximum Gasteiger partial charge on any atom is 0.0594 e. The summed E-state index contributed by atoms with van der Waals surface area (Å²) in [5.74, 6) is 0. The summed E-state index contributed by atoms with van der Waals surface area (Å²) >= 11 is 0. The zero-order valence-electron chi connectivity index (χ0n) is 15.0. The molecular formula is C19H32N4O. The fourth-order valence-corrected chi connectivity index (χ4v) is 3.57. The number of nitrogens with zero attached hydrogens (tertiary/aromatic N) is 2. The van der Waals surface area contributed by atoms with E-state index in [1.54, 1.807) is 0 Å². The Hall–Kier alpha value is -1.14. The van der Waals surface area contributed by atoms with Gasteiger partial charge in [0.1, 0.15) is 0 Å². The van der Waals surface area contributed by atoms with Crippen LogP contribution >= 0.6 is 0 Å². The van der Waals surface area contributed by atoms with Gasteiger partial charge in [-0.1, -0.05) is 12.1 Å². The van der Waals surface area contributed by atoms with Gasteiger partial charge in [0, 0.05) is 57.5 Å². The standard InChI is InChI=1S/C19H32N4O/c1-20-8-9-21-18-6-10-23(11-7-18)19-4-2-17(3-5-19)16-22-12-14-24-15-13-22/h2-5,18,20-21H,6-16H2,1H3. The number of benzene rings is 1. The van der Waals surface area contributed by atoms with Crippen molar-refractivity contribution >= 4 is 5.69 Å². The smallest absolute Gasteiger partial charge is 0.0594 e. The van der Waals surface area contributed by atoms with Gasteiger partial charge in [-0.3, -0.25) is 4.90 Å². The average Bonchev–Trinajstić information content (AvgIpc) is 2.64. The highest BCUT2D eigenvalue weighted by Crippen LogP contribution is 2.21. The minimum Gasteiger partial charge on any atom is -0.379 e. The quantitative estimate of drug-likeness (QED) is 0.737. The Bertz CT molecular complexity index is 465. The van der Waals surface area contributed by atoms with Crippen LogP contribution in [0.15, 0.2) is 24.3 Å². The summed E-state index contributed by atoms with van der Waals surface area (Å²) in [5.41, 5.74) is 2.78. The number of anilines is 1. The fraction of sp³-hybridized carbons (Fsp3) is 0.684. The zero-order valence-corrected chi connectivity index (χ0v) is 15.0. The van der Waals surface area contributed by atoms with Gasteiger partial charge in [-0.25, -0.2) is 0 Å². The fourth-order valence-electron chi connectivity index (χ4n) is 3.57. The van der Waals surface area contributed by atoms with Crippen molar-refractivity contribution in [1.82, 2.24) is 15.5 Å². The van der Waals surface area contributed by atoms with Crippen LogP contribution < -0.4 is 15.5 Å². The van der Waals surface area contributed by atoms with E-state index in [0.29, 0.717) is 6.04 Å². The first kappa shape index (κ1) is 17.7. The van der Waals surface area contributed by atoms with Crippen molar-refractivity contribution in [2.24, 2.45) is 0 Å². The molecule has 2 N–H and O–H groups in total. The lowest BCUT2D eigenvalue weighted by atomic mass is 10.0. The normalized spacial score (nSPS) is 20.5. The molecule has 0 bridgehead atoms. The molecule has 2 aliphatic heterocycles. The molecule has 1 aromatic rings. The number of rotatable bonds is 7. The van der Waals surface area contributed by atoms with Gasteiger partial charge in [-0.15, -0.1) is 0 Å². The van der Waals surface area contributed by atoms with Crippen LogP contribution in [0.25, 0.3) is 0 Å². The van der Waals surface area contributed by atoms with Crippen molar-refractivity contribution in [1.29, 1.82) is 0 Å². The topological polar surface area (TPSA) is 39.8 Å².